The zero-order valence-corrected chi connectivity index (χ0v) is 25.9. The van der Waals surface area contributed by atoms with Crippen molar-refractivity contribution in [2.24, 2.45) is 5.73 Å². The Morgan fingerprint density at radius 1 is 0.688 bits per heavy atom. The smallest absolute Gasteiger partial charge is 0.307 e. The molecule has 0 aliphatic rings. The first-order valence-corrected chi connectivity index (χ1v) is 13.4. The highest BCUT2D eigenvalue weighted by Crippen LogP contribution is 2.27. The summed E-state index contributed by atoms with van der Waals surface area (Å²) in [6.45, 7) is 10.9. The number of nitro benzene ring substituents is 2. The van der Waals surface area contributed by atoms with Crippen LogP contribution in [-0.4, -0.2) is 42.1 Å². The molecule has 0 radical (unpaired) electrons. The number of halogens is 7. The first-order valence-electron chi connectivity index (χ1n) is 13.4. The van der Waals surface area contributed by atoms with Crippen LogP contribution in [0.2, 0.25) is 0 Å². The number of carbonyl (C=O) groups is 1. The molecule has 6 N–H and O–H groups in total. The van der Waals surface area contributed by atoms with Crippen LogP contribution in [-0.2, 0) is 9.53 Å². The third-order valence-corrected chi connectivity index (χ3v) is 4.60. The Balaban J connectivity index is -0.000000559. The SMILES string of the molecule is C.CCN.CCNc1cc(F)c(F)cc1N.CCNc1cc(F)c(F)cc1[N+](=O)[O-].CCOC(C)=O.O=[N+]([O-])c1cc(F)c(F)cc1F. The minimum atomic E-state index is -1.45. The van der Waals surface area contributed by atoms with Crippen LogP contribution < -0.4 is 22.1 Å². The van der Waals surface area contributed by atoms with Gasteiger partial charge in [0, 0.05) is 44.3 Å². The number of esters is 1. The number of carbonyl (C=O) groups excluding carboxylic acids is 1. The molecule has 0 aromatic heterocycles. The van der Waals surface area contributed by atoms with Gasteiger partial charge in [0.15, 0.2) is 34.9 Å². The van der Waals surface area contributed by atoms with Gasteiger partial charge < -0.3 is 26.8 Å². The monoisotopic (exact) mass is 700 g/mol. The summed E-state index contributed by atoms with van der Waals surface area (Å²) < 4.78 is 91.8. The summed E-state index contributed by atoms with van der Waals surface area (Å²) in [5, 5.41) is 25.8. The van der Waals surface area contributed by atoms with Crippen LogP contribution in [0, 0.1) is 60.9 Å². The lowest BCUT2D eigenvalue weighted by molar-refractivity contribution is -0.387. The van der Waals surface area contributed by atoms with E-state index < -0.39 is 61.9 Å². The topological polar surface area (TPSA) is 189 Å². The van der Waals surface area contributed by atoms with Gasteiger partial charge in [0.25, 0.3) is 5.69 Å². The van der Waals surface area contributed by atoms with E-state index in [1.807, 2.05) is 13.8 Å². The van der Waals surface area contributed by atoms with Crippen LogP contribution in [0.5, 0.6) is 0 Å². The summed E-state index contributed by atoms with van der Waals surface area (Å²) in [6, 6.07) is 3.68. The number of anilines is 3. The molecule has 48 heavy (non-hydrogen) atoms. The van der Waals surface area contributed by atoms with Crippen molar-refractivity contribution in [3.8, 4) is 0 Å². The average Bonchev–Trinajstić information content (AvgIpc) is 2.97. The van der Waals surface area contributed by atoms with E-state index in [1.54, 1.807) is 13.8 Å². The maximum absolute atomic E-state index is 12.7. The minimum Gasteiger partial charge on any atom is -0.466 e. The number of nitrogen functional groups attached to an aromatic ring is 1. The predicted molar refractivity (Wildman–Crippen MR) is 169 cm³/mol. The molecule has 3 aromatic carbocycles. The molecule has 3 rings (SSSR count). The molecule has 12 nitrogen and oxygen atoms in total. The maximum atomic E-state index is 12.7. The first kappa shape index (κ1) is 47.2. The van der Waals surface area contributed by atoms with Gasteiger partial charge in [-0.3, -0.25) is 25.0 Å². The molecule has 270 valence electrons. The van der Waals surface area contributed by atoms with Crippen molar-refractivity contribution in [3.05, 3.63) is 97.3 Å². The summed E-state index contributed by atoms with van der Waals surface area (Å²) >= 11 is 0. The van der Waals surface area contributed by atoms with Crippen molar-refractivity contribution in [2.45, 2.75) is 42.0 Å². The zero-order chi connectivity index (χ0) is 36.9. The quantitative estimate of drug-likeness (QED) is 0.0481. The number of hydrogen-bond acceptors (Lipinski definition) is 10. The Morgan fingerprint density at radius 3 is 1.42 bits per heavy atom. The van der Waals surface area contributed by atoms with Crippen molar-refractivity contribution in [1.82, 2.24) is 0 Å². The van der Waals surface area contributed by atoms with E-state index in [2.05, 4.69) is 15.4 Å². The second kappa shape index (κ2) is 25.0. The third-order valence-electron chi connectivity index (χ3n) is 4.60. The van der Waals surface area contributed by atoms with Gasteiger partial charge in [0.2, 0.25) is 5.82 Å². The van der Waals surface area contributed by atoms with Crippen LogP contribution >= 0.6 is 0 Å². The fourth-order valence-corrected chi connectivity index (χ4v) is 2.78. The molecule has 0 aliphatic heterocycles. The maximum Gasteiger partial charge on any atom is 0.307 e. The van der Waals surface area contributed by atoms with Gasteiger partial charge in [-0.15, -0.1) is 0 Å². The fraction of sp³-hybridized carbons (Fsp3) is 0.345. The van der Waals surface area contributed by atoms with Crippen LogP contribution in [0.4, 0.5) is 59.2 Å². The molecule has 0 amide bonds. The Morgan fingerprint density at radius 2 is 1.04 bits per heavy atom. The number of hydrogen-bond donors (Lipinski definition) is 4. The van der Waals surface area contributed by atoms with Gasteiger partial charge in [-0.25, -0.2) is 26.3 Å². The van der Waals surface area contributed by atoms with Crippen LogP contribution in [0.1, 0.15) is 42.0 Å². The Bertz CT molecular complexity index is 1470. The van der Waals surface area contributed by atoms with Gasteiger partial charge in [0.05, 0.1) is 40.0 Å². The van der Waals surface area contributed by atoms with E-state index in [0.29, 0.717) is 31.5 Å². The second-order valence-corrected chi connectivity index (χ2v) is 8.26. The van der Waals surface area contributed by atoms with Crippen molar-refractivity contribution in [1.29, 1.82) is 0 Å². The van der Waals surface area contributed by atoms with Crippen molar-refractivity contribution >= 4 is 34.4 Å². The van der Waals surface area contributed by atoms with Gasteiger partial charge in [-0.1, -0.05) is 14.4 Å². The largest absolute Gasteiger partial charge is 0.466 e. The predicted octanol–water partition coefficient (Wildman–Crippen LogP) is 7.47. The van der Waals surface area contributed by atoms with E-state index in [1.165, 1.54) is 6.92 Å². The minimum absolute atomic E-state index is 0. The summed E-state index contributed by atoms with van der Waals surface area (Å²) in [6.07, 6.45) is 0. The number of rotatable bonds is 7. The summed E-state index contributed by atoms with van der Waals surface area (Å²) in [7, 11) is 0. The Kier molecular flexibility index (Phi) is 24.5. The normalized spacial score (nSPS) is 9.19. The summed E-state index contributed by atoms with van der Waals surface area (Å²) in [5.41, 5.74) is 9.34. The lowest BCUT2D eigenvalue weighted by Crippen LogP contribution is -2.02. The highest BCUT2D eigenvalue weighted by molar-refractivity contribution is 5.66. The van der Waals surface area contributed by atoms with E-state index in [9.17, 15) is 55.8 Å². The molecule has 0 saturated carbocycles. The van der Waals surface area contributed by atoms with Crippen molar-refractivity contribution in [2.75, 3.05) is 42.6 Å². The van der Waals surface area contributed by atoms with Crippen LogP contribution in [0.25, 0.3) is 0 Å². The van der Waals surface area contributed by atoms with Crippen LogP contribution in [0.3, 0.4) is 0 Å². The summed E-state index contributed by atoms with van der Waals surface area (Å²) in [5.74, 6) is -8.63. The van der Waals surface area contributed by atoms with Gasteiger partial charge >= 0.3 is 11.7 Å². The lowest BCUT2D eigenvalue weighted by Gasteiger charge is -2.06. The van der Waals surface area contributed by atoms with E-state index in [-0.39, 0.29) is 36.9 Å². The molecule has 0 spiro atoms. The second-order valence-electron chi connectivity index (χ2n) is 8.26. The van der Waals surface area contributed by atoms with Crippen LogP contribution in [0.15, 0.2) is 36.4 Å². The molecular formula is C29H39F7N6O6. The molecule has 0 atom stereocenters. The number of nitrogens with two attached hydrogens (primary N) is 2. The number of ether oxygens (including phenoxy) is 1. The fourth-order valence-electron chi connectivity index (χ4n) is 2.78. The molecule has 0 bridgehead atoms. The van der Waals surface area contributed by atoms with Crippen molar-refractivity contribution in [3.63, 3.8) is 0 Å². The number of benzene rings is 3. The molecular weight excluding hydrogens is 661 g/mol. The molecule has 3 aromatic rings. The number of nitrogens with zero attached hydrogens (tertiary/aromatic N) is 2. The Hall–Kier alpha value is -5.20. The molecule has 19 heteroatoms. The third kappa shape index (κ3) is 18.1. The highest BCUT2D eigenvalue weighted by Gasteiger charge is 2.19. The van der Waals surface area contributed by atoms with Gasteiger partial charge in [-0.05, 0) is 27.3 Å². The van der Waals surface area contributed by atoms with E-state index >= 15 is 0 Å². The average molecular weight is 701 g/mol. The first-order chi connectivity index (χ1) is 21.9. The molecule has 0 saturated heterocycles. The molecule has 0 aliphatic carbocycles. The van der Waals surface area contributed by atoms with Gasteiger partial charge in [0.1, 0.15) is 5.69 Å². The zero-order valence-electron chi connectivity index (χ0n) is 25.9. The lowest BCUT2D eigenvalue weighted by atomic mass is 10.2. The van der Waals surface area contributed by atoms with Gasteiger partial charge in [-0.2, -0.15) is 4.39 Å². The van der Waals surface area contributed by atoms with E-state index in [0.717, 1.165) is 24.7 Å². The summed E-state index contributed by atoms with van der Waals surface area (Å²) in [4.78, 5) is 28.3. The highest BCUT2D eigenvalue weighted by atomic mass is 19.2. The van der Waals surface area contributed by atoms with E-state index in [4.69, 9.17) is 11.5 Å². The molecule has 0 heterocycles. The number of nitro groups is 2. The Labute approximate surface area is 272 Å². The molecule has 0 unspecified atom stereocenters. The molecule has 0 fully saturated rings. The number of nitrogens with one attached hydrogen (secondary N) is 2. The van der Waals surface area contributed by atoms with Crippen molar-refractivity contribution < 1.29 is 50.1 Å². The standard InChI is InChI=1S/C8H8F2N2O2.C8H10F2N2.C6H2F3NO2.C4H8O2.C2H7N.CH4/c1-2-11-7-3-5(9)6(10)4-8(7)12(13)14;1-2-12-8-4-6(10)5(9)3-7(8)11;7-3-1-5(9)6(10(11)12)2-4(3)8;1-3-6-4(2)5;1-2-3;/h3-4,11H,2H2,1H3;3-4,12H,2,11H2,1H3;1-2H;3H2,1-2H3;2-3H2,1H3;1H4.